The fourth-order valence-electron chi connectivity index (χ4n) is 1.38. The minimum Gasteiger partial charge on any atom is -0.465 e. The zero-order valence-corrected chi connectivity index (χ0v) is 11.5. The van der Waals surface area contributed by atoms with Crippen LogP contribution in [0.3, 0.4) is 0 Å². The largest absolute Gasteiger partial charge is 0.465 e. The maximum absolute atomic E-state index is 11.9. The van der Waals surface area contributed by atoms with Gasteiger partial charge in [-0.05, 0) is 25.5 Å². The van der Waals surface area contributed by atoms with Crippen molar-refractivity contribution in [2.45, 2.75) is 20.3 Å². The van der Waals surface area contributed by atoms with Gasteiger partial charge in [-0.3, -0.25) is 9.59 Å². The zero-order valence-electron chi connectivity index (χ0n) is 9.90. The number of carbonyl (C=O) groups excluding carboxylic acids is 2. The van der Waals surface area contributed by atoms with Crippen molar-refractivity contribution in [2.75, 3.05) is 6.61 Å². The fourth-order valence-corrected chi connectivity index (χ4v) is 1.81. The zero-order chi connectivity index (χ0) is 12.8. The van der Waals surface area contributed by atoms with Crippen molar-refractivity contribution in [2.24, 2.45) is 5.92 Å². The highest BCUT2D eigenvalue weighted by Crippen LogP contribution is 2.18. The van der Waals surface area contributed by atoms with Crippen molar-refractivity contribution >= 4 is 27.7 Å². The van der Waals surface area contributed by atoms with Crippen LogP contribution in [-0.2, 0) is 20.7 Å². The molecule has 0 amide bonds. The van der Waals surface area contributed by atoms with Crippen LogP contribution in [-0.4, -0.2) is 18.4 Å². The van der Waals surface area contributed by atoms with E-state index in [9.17, 15) is 9.59 Å². The standard InChI is InChI=1S/C13H15BrO3/c1-3-17-13(16)9(2)12(15)8-10-6-4-5-7-11(10)14/h4-7,9H,3,8H2,1-2H3. The van der Waals surface area contributed by atoms with Gasteiger partial charge in [0.15, 0.2) is 5.78 Å². The molecule has 0 aliphatic rings. The second-order valence-corrected chi connectivity index (χ2v) is 4.56. The number of ether oxygens (including phenoxy) is 1. The van der Waals surface area contributed by atoms with E-state index in [1.165, 1.54) is 0 Å². The molecule has 0 spiro atoms. The molecule has 0 saturated carbocycles. The summed E-state index contributed by atoms with van der Waals surface area (Å²) in [4.78, 5) is 23.3. The van der Waals surface area contributed by atoms with Gasteiger partial charge in [0, 0.05) is 10.9 Å². The van der Waals surface area contributed by atoms with E-state index in [-0.39, 0.29) is 12.2 Å². The number of hydrogen-bond donors (Lipinski definition) is 0. The number of Topliss-reactive ketones (excluding diaryl/α,β-unsaturated/α-hetero) is 1. The summed E-state index contributed by atoms with van der Waals surface area (Å²) in [6, 6.07) is 7.48. The van der Waals surface area contributed by atoms with Gasteiger partial charge in [-0.2, -0.15) is 0 Å². The van der Waals surface area contributed by atoms with E-state index in [4.69, 9.17) is 4.74 Å². The number of halogens is 1. The minimum absolute atomic E-state index is 0.129. The van der Waals surface area contributed by atoms with Gasteiger partial charge in [0.25, 0.3) is 0 Å². The summed E-state index contributed by atoms with van der Waals surface area (Å²) < 4.78 is 5.70. The number of rotatable bonds is 5. The lowest BCUT2D eigenvalue weighted by atomic mass is 10.00. The Bertz CT molecular complexity index is 415. The normalized spacial score (nSPS) is 11.9. The van der Waals surface area contributed by atoms with Crippen LogP contribution in [0.25, 0.3) is 0 Å². The first-order chi connectivity index (χ1) is 8.06. The summed E-state index contributed by atoms with van der Waals surface area (Å²) in [5.41, 5.74) is 0.883. The molecule has 1 aromatic rings. The van der Waals surface area contributed by atoms with Crippen LogP contribution in [0.1, 0.15) is 19.4 Å². The summed E-state index contributed by atoms with van der Waals surface area (Å²) in [5, 5.41) is 0. The molecule has 1 atom stereocenters. The third kappa shape index (κ3) is 3.97. The number of benzene rings is 1. The maximum atomic E-state index is 11.9. The average Bonchev–Trinajstić information content (AvgIpc) is 2.31. The molecule has 0 saturated heterocycles. The number of esters is 1. The van der Waals surface area contributed by atoms with E-state index in [1.54, 1.807) is 13.8 Å². The summed E-state index contributed by atoms with van der Waals surface area (Å²) in [6.45, 7) is 3.60. The second-order valence-electron chi connectivity index (χ2n) is 3.71. The van der Waals surface area contributed by atoms with Crippen LogP contribution in [0.2, 0.25) is 0 Å². The number of hydrogen-bond acceptors (Lipinski definition) is 3. The number of ketones is 1. The average molecular weight is 299 g/mol. The predicted octanol–water partition coefficient (Wildman–Crippen LogP) is 2.76. The Kier molecular flexibility index (Phi) is 5.35. The monoisotopic (exact) mass is 298 g/mol. The van der Waals surface area contributed by atoms with Crippen LogP contribution < -0.4 is 0 Å². The third-order valence-corrected chi connectivity index (χ3v) is 3.22. The number of carbonyl (C=O) groups is 2. The molecule has 1 rings (SSSR count). The Balaban J connectivity index is 2.67. The Morgan fingerprint density at radius 1 is 1.35 bits per heavy atom. The van der Waals surface area contributed by atoms with Crippen LogP contribution in [0.4, 0.5) is 0 Å². The molecule has 4 heteroatoms. The highest BCUT2D eigenvalue weighted by molar-refractivity contribution is 9.10. The van der Waals surface area contributed by atoms with Gasteiger partial charge in [0.1, 0.15) is 5.92 Å². The van der Waals surface area contributed by atoms with Crippen molar-refractivity contribution in [3.8, 4) is 0 Å². The molecule has 0 radical (unpaired) electrons. The molecular formula is C13H15BrO3. The molecule has 0 fully saturated rings. The third-order valence-electron chi connectivity index (χ3n) is 2.45. The molecule has 0 aliphatic carbocycles. The van der Waals surface area contributed by atoms with E-state index in [0.29, 0.717) is 6.61 Å². The quantitative estimate of drug-likeness (QED) is 0.620. The van der Waals surface area contributed by atoms with Crippen LogP contribution in [0, 0.1) is 5.92 Å². The Labute approximate surface area is 109 Å². The van der Waals surface area contributed by atoms with Gasteiger partial charge in [-0.1, -0.05) is 34.1 Å². The topological polar surface area (TPSA) is 43.4 Å². The molecule has 0 aromatic heterocycles. The van der Waals surface area contributed by atoms with Crippen molar-refractivity contribution in [1.82, 2.24) is 0 Å². The van der Waals surface area contributed by atoms with E-state index in [0.717, 1.165) is 10.0 Å². The molecule has 3 nitrogen and oxygen atoms in total. The van der Waals surface area contributed by atoms with E-state index in [1.807, 2.05) is 24.3 Å². The lowest BCUT2D eigenvalue weighted by molar-refractivity contribution is -0.150. The summed E-state index contributed by atoms with van der Waals surface area (Å²) in [6.07, 6.45) is 0.238. The van der Waals surface area contributed by atoms with E-state index in [2.05, 4.69) is 15.9 Å². The lowest BCUT2D eigenvalue weighted by Crippen LogP contribution is -2.24. The first-order valence-corrected chi connectivity index (χ1v) is 6.28. The van der Waals surface area contributed by atoms with Crippen molar-refractivity contribution < 1.29 is 14.3 Å². The van der Waals surface area contributed by atoms with Gasteiger partial charge < -0.3 is 4.74 Å². The van der Waals surface area contributed by atoms with Gasteiger partial charge in [0.05, 0.1) is 6.61 Å². The summed E-state index contributed by atoms with van der Waals surface area (Å²) in [5.74, 6) is -1.29. The molecule has 1 aromatic carbocycles. The maximum Gasteiger partial charge on any atom is 0.316 e. The Morgan fingerprint density at radius 3 is 2.59 bits per heavy atom. The van der Waals surface area contributed by atoms with Gasteiger partial charge in [0.2, 0.25) is 0 Å². The van der Waals surface area contributed by atoms with Crippen molar-refractivity contribution in [3.05, 3.63) is 34.3 Å². The summed E-state index contributed by atoms with van der Waals surface area (Å²) >= 11 is 3.37. The summed E-state index contributed by atoms with van der Waals surface area (Å²) in [7, 11) is 0. The van der Waals surface area contributed by atoms with Gasteiger partial charge >= 0.3 is 5.97 Å². The lowest BCUT2D eigenvalue weighted by Gasteiger charge is -2.10. The minimum atomic E-state index is -0.706. The van der Waals surface area contributed by atoms with Crippen molar-refractivity contribution in [3.63, 3.8) is 0 Å². The Hall–Kier alpha value is -1.16. The first-order valence-electron chi connectivity index (χ1n) is 5.49. The molecule has 0 aliphatic heterocycles. The molecule has 1 unspecified atom stereocenters. The first kappa shape index (κ1) is 13.9. The molecule has 0 bridgehead atoms. The Morgan fingerprint density at radius 2 is 2.00 bits per heavy atom. The molecule has 92 valence electrons. The van der Waals surface area contributed by atoms with Crippen LogP contribution in [0.15, 0.2) is 28.7 Å². The fraction of sp³-hybridized carbons (Fsp3) is 0.385. The molecule has 0 heterocycles. The SMILES string of the molecule is CCOC(=O)C(C)C(=O)Cc1ccccc1Br. The highest BCUT2D eigenvalue weighted by atomic mass is 79.9. The van der Waals surface area contributed by atoms with E-state index >= 15 is 0 Å². The van der Waals surface area contributed by atoms with Gasteiger partial charge in [-0.15, -0.1) is 0 Å². The highest BCUT2D eigenvalue weighted by Gasteiger charge is 2.22. The van der Waals surface area contributed by atoms with Gasteiger partial charge in [-0.25, -0.2) is 0 Å². The van der Waals surface area contributed by atoms with E-state index < -0.39 is 11.9 Å². The molecule has 17 heavy (non-hydrogen) atoms. The predicted molar refractivity (Wildman–Crippen MR) is 68.7 cm³/mol. The van der Waals surface area contributed by atoms with Crippen LogP contribution >= 0.6 is 15.9 Å². The molecule has 0 N–H and O–H groups in total. The second kappa shape index (κ2) is 6.55. The van der Waals surface area contributed by atoms with Crippen LogP contribution in [0.5, 0.6) is 0 Å². The molecular weight excluding hydrogens is 284 g/mol. The van der Waals surface area contributed by atoms with Crippen molar-refractivity contribution in [1.29, 1.82) is 0 Å². The smallest absolute Gasteiger partial charge is 0.316 e.